The molecule has 5 aliphatic rings. The van der Waals surface area contributed by atoms with Crippen molar-refractivity contribution in [3.05, 3.63) is 29.1 Å². The molecule has 5 heterocycles. The summed E-state index contributed by atoms with van der Waals surface area (Å²) in [6.07, 6.45) is 4.46. The summed E-state index contributed by atoms with van der Waals surface area (Å²) in [5.41, 5.74) is 2.30. The lowest BCUT2D eigenvalue weighted by Crippen LogP contribution is -2.61. The number of fused-ring (bicyclic) bond motifs is 4. The topological polar surface area (TPSA) is 47.6 Å². The number of hydrogen-bond acceptors (Lipinski definition) is 4. The van der Waals surface area contributed by atoms with E-state index >= 15 is 0 Å². The number of nitrogens with one attached hydrogen (secondary N) is 2. The van der Waals surface area contributed by atoms with Crippen molar-refractivity contribution in [2.75, 3.05) is 31.1 Å². The van der Waals surface area contributed by atoms with Gasteiger partial charge in [0.25, 0.3) is 5.91 Å². The standard InChI is InChI=1S/C19H25FN4O/c20-16-5-6-17(23-10-12-3-4-14(23)9-22-12)15-11-24(19(25)18(15)16)13-2-1-7-21-8-13/h5-6,12-14,21-22H,1-4,7-11H2. The van der Waals surface area contributed by atoms with Gasteiger partial charge in [-0.15, -0.1) is 0 Å². The van der Waals surface area contributed by atoms with E-state index < -0.39 is 0 Å². The second-order valence-electron chi connectivity index (χ2n) is 7.84. The zero-order chi connectivity index (χ0) is 17.0. The van der Waals surface area contributed by atoms with Crippen LogP contribution in [0.3, 0.4) is 0 Å². The SMILES string of the molecule is O=C1c2c(F)ccc(N3CC4CCC3CN4)c2CN1C1CCCNC1. The molecular weight excluding hydrogens is 319 g/mol. The van der Waals surface area contributed by atoms with Gasteiger partial charge < -0.3 is 20.4 Å². The van der Waals surface area contributed by atoms with Crippen LogP contribution in [-0.2, 0) is 6.54 Å². The molecule has 1 amide bonds. The minimum Gasteiger partial charge on any atom is -0.365 e. The first-order chi connectivity index (χ1) is 12.2. The molecule has 5 nitrogen and oxygen atoms in total. The van der Waals surface area contributed by atoms with E-state index in [1.54, 1.807) is 0 Å². The summed E-state index contributed by atoms with van der Waals surface area (Å²) in [7, 11) is 0. The van der Waals surface area contributed by atoms with E-state index in [0.717, 1.165) is 50.3 Å². The molecule has 0 radical (unpaired) electrons. The highest BCUT2D eigenvalue weighted by atomic mass is 19.1. The molecule has 25 heavy (non-hydrogen) atoms. The number of amides is 1. The van der Waals surface area contributed by atoms with Crippen molar-refractivity contribution in [2.45, 2.75) is 50.4 Å². The van der Waals surface area contributed by atoms with Gasteiger partial charge in [-0.05, 0) is 44.4 Å². The Kier molecular flexibility index (Phi) is 3.71. The summed E-state index contributed by atoms with van der Waals surface area (Å²) in [6, 6.07) is 4.54. The molecular formula is C19H25FN4O. The number of carbonyl (C=O) groups is 1. The minimum absolute atomic E-state index is 0.122. The molecule has 4 saturated heterocycles. The highest BCUT2D eigenvalue weighted by Gasteiger charge is 2.40. The van der Waals surface area contributed by atoms with Gasteiger partial charge in [-0.1, -0.05) is 0 Å². The quantitative estimate of drug-likeness (QED) is 0.853. The molecule has 6 rings (SSSR count). The van der Waals surface area contributed by atoms with Crippen LogP contribution in [0.5, 0.6) is 0 Å². The van der Waals surface area contributed by atoms with Gasteiger partial charge in [0.1, 0.15) is 5.82 Å². The van der Waals surface area contributed by atoms with Crippen molar-refractivity contribution in [1.82, 2.24) is 15.5 Å². The van der Waals surface area contributed by atoms with Gasteiger partial charge in [-0.25, -0.2) is 4.39 Å². The van der Waals surface area contributed by atoms with E-state index in [1.165, 1.54) is 18.9 Å². The lowest BCUT2D eigenvalue weighted by atomic mass is 9.91. The first-order valence-electron chi connectivity index (χ1n) is 9.55. The number of benzene rings is 1. The predicted molar refractivity (Wildman–Crippen MR) is 94.3 cm³/mol. The second kappa shape index (κ2) is 5.95. The summed E-state index contributed by atoms with van der Waals surface area (Å²) in [4.78, 5) is 17.2. The first kappa shape index (κ1) is 15.6. The van der Waals surface area contributed by atoms with Crippen molar-refractivity contribution >= 4 is 11.6 Å². The van der Waals surface area contributed by atoms with E-state index in [9.17, 15) is 9.18 Å². The third-order valence-electron chi connectivity index (χ3n) is 6.41. The maximum absolute atomic E-state index is 14.5. The zero-order valence-corrected chi connectivity index (χ0v) is 14.4. The van der Waals surface area contributed by atoms with Crippen molar-refractivity contribution in [1.29, 1.82) is 0 Å². The Morgan fingerprint density at radius 2 is 1.96 bits per heavy atom. The second-order valence-corrected chi connectivity index (χ2v) is 7.84. The Hall–Kier alpha value is -1.66. The number of hydrogen-bond donors (Lipinski definition) is 2. The number of carbonyl (C=O) groups excluding carboxylic acids is 1. The molecule has 2 N–H and O–H groups in total. The van der Waals surface area contributed by atoms with Crippen LogP contribution in [0.15, 0.2) is 12.1 Å². The maximum atomic E-state index is 14.5. The lowest BCUT2D eigenvalue weighted by Gasteiger charge is -2.47. The van der Waals surface area contributed by atoms with Crippen LogP contribution < -0.4 is 15.5 Å². The fourth-order valence-corrected chi connectivity index (χ4v) is 5.05. The fraction of sp³-hybridized carbons (Fsp3) is 0.632. The molecule has 0 spiro atoms. The highest BCUT2D eigenvalue weighted by Crippen LogP contribution is 2.38. The van der Waals surface area contributed by atoms with Gasteiger partial charge in [-0.3, -0.25) is 4.79 Å². The van der Waals surface area contributed by atoms with Crippen molar-refractivity contribution in [3.63, 3.8) is 0 Å². The summed E-state index contributed by atoms with van der Waals surface area (Å²) in [5.74, 6) is -0.487. The number of rotatable bonds is 2. The summed E-state index contributed by atoms with van der Waals surface area (Å²) in [5, 5.41) is 6.93. The first-order valence-corrected chi connectivity index (χ1v) is 9.55. The van der Waals surface area contributed by atoms with E-state index in [0.29, 0.717) is 24.2 Å². The molecule has 3 atom stereocenters. The van der Waals surface area contributed by atoms with Crippen molar-refractivity contribution in [3.8, 4) is 0 Å². The normalized spacial score (nSPS) is 31.6. The minimum atomic E-state index is -0.365. The molecule has 4 fully saturated rings. The van der Waals surface area contributed by atoms with Crippen LogP contribution in [0.25, 0.3) is 0 Å². The number of piperazine rings is 1. The average Bonchev–Trinajstić information content (AvgIpc) is 3.02. The number of piperidine rings is 3. The van der Waals surface area contributed by atoms with Gasteiger partial charge in [-0.2, -0.15) is 0 Å². The smallest absolute Gasteiger partial charge is 0.257 e. The third-order valence-corrected chi connectivity index (χ3v) is 6.41. The average molecular weight is 344 g/mol. The Morgan fingerprint density at radius 1 is 1.08 bits per heavy atom. The van der Waals surface area contributed by atoms with Gasteiger partial charge in [0, 0.05) is 55.6 Å². The van der Waals surface area contributed by atoms with Crippen molar-refractivity contribution < 1.29 is 9.18 Å². The fourth-order valence-electron chi connectivity index (χ4n) is 5.05. The number of halogens is 1. The van der Waals surface area contributed by atoms with E-state index in [-0.39, 0.29) is 17.8 Å². The molecule has 5 aliphatic heterocycles. The van der Waals surface area contributed by atoms with Crippen LogP contribution in [0.2, 0.25) is 0 Å². The molecule has 0 aliphatic carbocycles. The van der Waals surface area contributed by atoms with Gasteiger partial charge >= 0.3 is 0 Å². The van der Waals surface area contributed by atoms with Gasteiger partial charge in [0.2, 0.25) is 0 Å². The maximum Gasteiger partial charge on any atom is 0.257 e. The van der Waals surface area contributed by atoms with Crippen LogP contribution in [0.1, 0.15) is 41.6 Å². The van der Waals surface area contributed by atoms with E-state index in [4.69, 9.17) is 0 Å². The predicted octanol–water partition coefficient (Wildman–Crippen LogP) is 1.47. The molecule has 3 unspecified atom stereocenters. The van der Waals surface area contributed by atoms with Crippen LogP contribution in [0.4, 0.5) is 10.1 Å². The Balaban J connectivity index is 1.50. The number of anilines is 1. The monoisotopic (exact) mass is 344 g/mol. The molecule has 2 bridgehead atoms. The van der Waals surface area contributed by atoms with Gasteiger partial charge in [0.05, 0.1) is 5.56 Å². The molecule has 1 aromatic carbocycles. The Bertz CT molecular complexity index is 695. The largest absolute Gasteiger partial charge is 0.365 e. The number of nitrogens with zero attached hydrogens (tertiary/aromatic N) is 2. The van der Waals surface area contributed by atoms with E-state index in [1.807, 2.05) is 11.0 Å². The Labute approximate surface area is 147 Å². The highest BCUT2D eigenvalue weighted by molar-refractivity contribution is 6.00. The van der Waals surface area contributed by atoms with Crippen LogP contribution in [-0.4, -0.2) is 55.1 Å². The summed E-state index contributed by atoms with van der Waals surface area (Å²) < 4.78 is 14.5. The Morgan fingerprint density at radius 3 is 2.64 bits per heavy atom. The lowest BCUT2D eigenvalue weighted by molar-refractivity contribution is 0.0671. The van der Waals surface area contributed by atoms with Crippen molar-refractivity contribution in [2.24, 2.45) is 0 Å². The summed E-state index contributed by atoms with van der Waals surface area (Å²) >= 11 is 0. The molecule has 0 saturated carbocycles. The summed E-state index contributed by atoms with van der Waals surface area (Å²) in [6.45, 7) is 4.32. The van der Waals surface area contributed by atoms with E-state index in [2.05, 4.69) is 15.5 Å². The third kappa shape index (κ3) is 2.46. The zero-order valence-electron chi connectivity index (χ0n) is 14.4. The van der Waals surface area contributed by atoms with Crippen LogP contribution in [0, 0.1) is 5.82 Å². The molecule has 0 aromatic heterocycles. The molecule has 1 aromatic rings. The van der Waals surface area contributed by atoms with Gasteiger partial charge in [0.15, 0.2) is 0 Å². The van der Waals surface area contributed by atoms with Crippen LogP contribution >= 0.6 is 0 Å². The molecule has 6 heteroatoms. The molecule has 134 valence electrons.